The van der Waals surface area contributed by atoms with Crippen LogP contribution in [0.5, 0.6) is 0 Å². The van der Waals surface area contributed by atoms with Crippen LogP contribution >= 0.6 is 0 Å². The number of fused-ring (bicyclic) bond motifs is 1. The predicted octanol–water partition coefficient (Wildman–Crippen LogP) is 3.74. The van der Waals surface area contributed by atoms with E-state index in [1.807, 2.05) is 6.08 Å². The minimum Gasteiger partial charge on any atom is -0.396 e. The van der Waals surface area contributed by atoms with Gasteiger partial charge in [0.05, 0.1) is 0 Å². The van der Waals surface area contributed by atoms with E-state index in [9.17, 15) is 4.79 Å². The molecule has 0 heterocycles. The molecule has 4 atom stereocenters. The lowest BCUT2D eigenvalue weighted by atomic mass is 9.55. The summed E-state index contributed by atoms with van der Waals surface area (Å²) >= 11 is 0. The predicted molar refractivity (Wildman–Crippen MR) is 77.8 cm³/mol. The summed E-state index contributed by atoms with van der Waals surface area (Å²) < 4.78 is 0. The molecule has 108 valence electrons. The van der Waals surface area contributed by atoms with Crippen LogP contribution in [0.25, 0.3) is 0 Å². The third kappa shape index (κ3) is 2.79. The molecular formula is C17H28O2. The Bertz CT molecular complexity index is 371. The van der Waals surface area contributed by atoms with E-state index >= 15 is 0 Å². The Morgan fingerprint density at radius 3 is 2.89 bits per heavy atom. The first-order valence-corrected chi connectivity index (χ1v) is 7.83. The fourth-order valence-electron chi connectivity index (χ4n) is 4.30. The van der Waals surface area contributed by atoms with Gasteiger partial charge in [-0.3, -0.25) is 4.79 Å². The molecule has 0 amide bonds. The Hall–Kier alpha value is -0.630. The van der Waals surface area contributed by atoms with Gasteiger partial charge in [0.2, 0.25) is 0 Å². The molecule has 0 aromatic carbocycles. The van der Waals surface area contributed by atoms with Crippen LogP contribution < -0.4 is 0 Å². The van der Waals surface area contributed by atoms with Gasteiger partial charge in [-0.2, -0.15) is 0 Å². The lowest BCUT2D eigenvalue weighted by Gasteiger charge is -2.50. The quantitative estimate of drug-likeness (QED) is 0.840. The number of hydrogen-bond donors (Lipinski definition) is 1. The summed E-state index contributed by atoms with van der Waals surface area (Å²) in [5.41, 5.74) is 1.64. The van der Waals surface area contributed by atoms with Crippen LogP contribution in [0.2, 0.25) is 0 Å². The maximum absolute atomic E-state index is 11.6. The second-order valence-corrected chi connectivity index (χ2v) is 6.89. The van der Waals surface area contributed by atoms with Crippen molar-refractivity contribution in [1.29, 1.82) is 0 Å². The molecule has 4 unspecified atom stereocenters. The van der Waals surface area contributed by atoms with Crippen molar-refractivity contribution in [2.75, 3.05) is 6.61 Å². The molecule has 2 aliphatic carbocycles. The first-order valence-electron chi connectivity index (χ1n) is 7.83. The number of ketones is 1. The van der Waals surface area contributed by atoms with Gasteiger partial charge in [-0.1, -0.05) is 26.3 Å². The second kappa shape index (κ2) is 5.78. The Morgan fingerprint density at radius 1 is 1.47 bits per heavy atom. The smallest absolute Gasteiger partial charge is 0.155 e. The van der Waals surface area contributed by atoms with Gasteiger partial charge in [-0.05, 0) is 61.3 Å². The maximum atomic E-state index is 11.6. The zero-order chi connectivity index (χ0) is 14.0. The summed E-state index contributed by atoms with van der Waals surface area (Å²) in [6.45, 7) is 7.38. The van der Waals surface area contributed by atoms with E-state index in [-0.39, 0.29) is 5.41 Å². The first-order chi connectivity index (χ1) is 8.99. The average molecular weight is 264 g/mol. The van der Waals surface area contributed by atoms with Crippen molar-refractivity contribution in [3.05, 3.63) is 11.6 Å². The molecule has 1 N–H and O–H groups in total. The minimum atomic E-state index is 0.240. The van der Waals surface area contributed by atoms with Gasteiger partial charge in [0.25, 0.3) is 0 Å². The van der Waals surface area contributed by atoms with Gasteiger partial charge in [0, 0.05) is 13.0 Å². The summed E-state index contributed by atoms with van der Waals surface area (Å²) in [6, 6.07) is 0. The van der Waals surface area contributed by atoms with Crippen molar-refractivity contribution in [2.24, 2.45) is 23.2 Å². The van der Waals surface area contributed by atoms with E-state index in [1.165, 1.54) is 12.0 Å². The summed E-state index contributed by atoms with van der Waals surface area (Å²) in [7, 11) is 0. The van der Waals surface area contributed by atoms with E-state index in [0.717, 1.165) is 38.0 Å². The molecule has 1 saturated carbocycles. The monoisotopic (exact) mass is 264 g/mol. The molecule has 1 fully saturated rings. The Kier molecular flexibility index (Phi) is 4.50. The molecular weight excluding hydrogens is 236 g/mol. The number of aliphatic hydroxyl groups excluding tert-OH is 1. The molecule has 0 radical (unpaired) electrons. The number of rotatable bonds is 4. The van der Waals surface area contributed by atoms with Crippen LogP contribution in [0.15, 0.2) is 11.6 Å². The average Bonchev–Trinajstić information content (AvgIpc) is 2.39. The molecule has 0 spiro atoms. The number of carbonyl (C=O) groups is 1. The largest absolute Gasteiger partial charge is 0.396 e. The lowest BCUT2D eigenvalue weighted by molar-refractivity contribution is -0.116. The topological polar surface area (TPSA) is 37.3 Å². The van der Waals surface area contributed by atoms with Crippen molar-refractivity contribution in [3.8, 4) is 0 Å². The molecule has 2 aliphatic rings. The zero-order valence-electron chi connectivity index (χ0n) is 12.6. The molecule has 0 bridgehead atoms. The van der Waals surface area contributed by atoms with Gasteiger partial charge >= 0.3 is 0 Å². The molecule has 0 aliphatic heterocycles. The summed E-state index contributed by atoms with van der Waals surface area (Å²) in [5, 5.41) is 9.00. The highest BCUT2D eigenvalue weighted by molar-refractivity contribution is 5.91. The van der Waals surface area contributed by atoms with Gasteiger partial charge in [0.1, 0.15) is 0 Å². The summed E-state index contributed by atoms with van der Waals surface area (Å²) in [4.78, 5) is 11.6. The molecule has 2 heteroatoms. The summed E-state index contributed by atoms with van der Waals surface area (Å²) in [6.07, 6.45) is 8.05. The Balaban J connectivity index is 2.12. The molecule has 2 nitrogen and oxygen atoms in total. The number of carbonyl (C=O) groups excluding carboxylic acids is 1. The molecule has 0 aromatic heterocycles. The van der Waals surface area contributed by atoms with Crippen LogP contribution in [0.4, 0.5) is 0 Å². The van der Waals surface area contributed by atoms with Crippen LogP contribution in [0, 0.1) is 23.2 Å². The number of allylic oxidation sites excluding steroid dienone is 2. The highest BCUT2D eigenvalue weighted by atomic mass is 16.2. The fourth-order valence-corrected chi connectivity index (χ4v) is 4.30. The number of aliphatic hydroxyl groups is 1. The second-order valence-electron chi connectivity index (χ2n) is 6.89. The van der Waals surface area contributed by atoms with Gasteiger partial charge in [-0.25, -0.2) is 0 Å². The van der Waals surface area contributed by atoms with E-state index in [2.05, 4.69) is 20.8 Å². The van der Waals surface area contributed by atoms with Crippen molar-refractivity contribution in [1.82, 2.24) is 0 Å². The summed E-state index contributed by atoms with van der Waals surface area (Å²) in [5.74, 6) is 2.39. The highest BCUT2D eigenvalue weighted by Gasteiger charge is 2.45. The Labute approximate surface area is 117 Å². The lowest BCUT2D eigenvalue weighted by Crippen LogP contribution is -2.41. The SMILES string of the molecule is CC(CCCO)C1CCC2=CC(=O)CCC2(C)C1C. The zero-order valence-corrected chi connectivity index (χ0v) is 12.6. The van der Waals surface area contributed by atoms with Crippen molar-refractivity contribution in [2.45, 2.75) is 59.3 Å². The van der Waals surface area contributed by atoms with Gasteiger partial charge in [-0.15, -0.1) is 0 Å². The third-order valence-corrected chi connectivity index (χ3v) is 5.90. The van der Waals surface area contributed by atoms with Crippen LogP contribution in [0.3, 0.4) is 0 Å². The molecule has 0 aromatic rings. The normalized spacial score (nSPS) is 36.6. The van der Waals surface area contributed by atoms with E-state index in [0.29, 0.717) is 24.2 Å². The molecule has 19 heavy (non-hydrogen) atoms. The fraction of sp³-hybridized carbons (Fsp3) is 0.824. The van der Waals surface area contributed by atoms with Gasteiger partial charge in [0.15, 0.2) is 5.78 Å². The van der Waals surface area contributed by atoms with Crippen LogP contribution in [0.1, 0.15) is 59.3 Å². The van der Waals surface area contributed by atoms with E-state index in [1.54, 1.807) is 0 Å². The first kappa shape index (κ1) is 14.8. The van der Waals surface area contributed by atoms with E-state index < -0.39 is 0 Å². The molecule has 0 saturated heterocycles. The highest BCUT2D eigenvalue weighted by Crippen LogP contribution is 2.54. The standard InChI is InChI=1S/C17H28O2/c1-12(5-4-10-18)16-7-6-14-11-15(19)8-9-17(14,3)13(16)2/h11-13,16,18H,4-10H2,1-3H3. The van der Waals surface area contributed by atoms with Crippen molar-refractivity contribution in [3.63, 3.8) is 0 Å². The molecule has 2 rings (SSSR count). The van der Waals surface area contributed by atoms with Crippen molar-refractivity contribution >= 4 is 5.78 Å². The van der Waals surface area contributed by atoms with Gasteiger partial charge < -0.3 is 5.11 Å². The minimum absolute atomic E-state index is 0.240. The van der Waals surface area contributed by atoms with Crippen LogP contribution in [-0.4, -0.2) is 17.5 Å². The van der Waals surface area contributed by atoms with E-state index in [4.69, 9.17) is 5.11 Å². The Morgan fingerprint density at radius 2 is 2.21 bits per heavy atom. The maximum Gasteiger partial charge on any atom is 0.155 e. The van der Waals surface area contributed by atoms with Crippen molar-refractivity contribution < 1.29 is 9.90 Å². The van der Waals surface area contributed by atoms with Crippen LogP contribution in [-0.2, 0) is 4.79 Å². The third-order valence-electron chi connectivity index (χ3n) is 5.90. The number of hydrogen-bond acceptors (Lipinski definition) is 2.